The predicted molar refractivity (Wildman–Crippen MR) is 41.4 cm³/mol. The van der Waals surface area contributed by atoms with Crippen LogP contribution >= 0.6 is 0 Å². The van der Waals surface area contributed by atoms with Crippen molar-refractivity contribution in [3.63, 3.8) is 0 Å². The molecule has 0 saturated carbocycles. The number of hydrogen-bond acceptors (Lipinski definition) is 6. The van der Waals surface area contributed by atoms with E-state index < -0.39 is 23.0 Å². The van der Waals surface area contributed by atoms with Crippen molar-refractivity contribution < 1.29 is 56.2 Å². The van der Waals surface area contributed by atoms with Gasteiger partial charge in [0.2, 0.25) is 10.4 Å². The van der Waals surface area contributed by atoms with Crippen LogP contribution in [0.1, 0.15) is 6.92 Å². The molecule has 76 valence electrons. The molecule has 0 aromatic rings. The molecule has 0 aromatic heterocycles. The monoisotopic (exact) mass is 232 g/mol. The summed E-state index contributed by atoms with van der Waals surface area (Å²) in [6.45, 7) is 3.95. The fourth-order valence-electron chi connectivity index (χ4n) is 0.394. The van der Waals surface area contributed by atoms with Crippen LogP contribution in [0.4, 0.5) is 0 Å². The van der Waals surface area contributed by atoms with E-state index in [1.807, 2.05) is 0 Å². The van der Waals surface area contributed by atoms with E-state index >= 15 is 0 Å². The molecule has 0 fully saturated rings. The summed E-state index contributed by atoms with van der Waals surface area (Å²) in [5, 5.41) is 0. The number of carbonyl (C=O) groups excluding carboxylic acids is 1. The quantitative estimate of drug-likeness (QED) is 0.122. The largest absolute Gasteiger partial charge is 1.00 e. The molecule has 0 aromatic carbocycles. The van der Waals surface area contributed by atoms with Gasteiger partial charge in [-0.2, -0.15) is 0 Å². The number of esters is 1. The van der Waals surface area contributed by atoms with E-state index in [2.05, 4.69) is 15.5 Å². The molecule has 0 N–H and O–H groups in total. The number of rotatable bonds is 5. The average Bonchev–Trinajstić information content (AvgIpc) is 1.95. The van der Waals surface area contributed by atoms with Gasteiger partial charge >= 0.3 is 35.5 Å². The smallest absolute Gasteiger partial charge is 0.726 e. The van der Waals surface area contributed by atoms with Crippen LogP contribution in [0.25, 0.3) is 0 Å². The minimum atomic E-state index is -4.71. The maximum Gasteiger partial charge on any atom is 1.00 e. The van der Waals surface area contributed by atoms with Crippen molar-refractivity contribution in [1.29, 1.82) is 0 Å². The van der Waals surface area contributed by atoms with E-state index in [0.717, 1.165) is 0 Å². The molecule has 0 heterocycles. The zero-order valence-corrected chi connectivity index (χ0v) is 10.8. The van der Waals surface area contributed by atoms with Crippen molar-refractivity contribution in [2.75, 3.05) is 13.2 Å². The second-order valence-corrected chi connectivity index (χ2v) is 3.20. The third-order valence-electron chi connectivity index (χ3n) is 0.893. The van der Waals surface area contributed by atoms with Gasteiger partial charge in [-0.15, -0.1) is 0 Å². The van der Waals surface area contributed by atoms with Crippen molar-refractivity contribution in [1.82, 2.24) is 0 Å². The summed E-state index contributed by atoms with van der Waals surface area (Å²) in [5.74, 6) is -0.660. The molecule has 6 nitrogen and oxygen atoms in total. The van der Waals surface area contributed by atoms with Crippen molar-refractivity contribution >= 4 is 16.4 Å². The zero-order chi connectivity index (χ0) is 10.5. The Kier molecular flexibility index (Phi) is 8.70. The van der Waals surface area contributed by atoms with Crippen molar-refractivity contribution in [2.45, 2.75) is 6.92 Å². The summed E-state index contributed by atoms with van der Waals surface area (Å²) < 4.78 is 37.8. The van der Waals surface area contributed by atoms with Gasteiger partial charge in [0.25, 0.3) is 0 Å². The molecule has 0 aliphatic heterocycles. The van der Waals surface area contributed by atoms with Crippen LogP contribution in [0.3, 0.4) is 0 Å². The fourth-order valence-corrected chi connectivity index (χ4v) is 0.666. The normalized spacial score (nSPS) is 10.1. The molecular weight excluding hydrogens is 223 g/mol. The Morgan fingerprint density at radius 1 is 1.43 bits per heavy atom. The van der Waals surface area contributed by atoms with Gasteiger partial charge in [-0.1, -0.05) is 6.58 Å². The predicted octanol–water partition coefficient (Wildman–Crippen LogP) is -3.41. The van der Waals surface area contributed by atoms with Gasteiger partial charge in [-0.3, -0.25) is 4.18 Å². The maximum atomic E-state index is 10.7. The van der Waals surface area contributed by atoms with Gasteiger partial charge < -0.3 is 9.29 Å². The summed E-state index contributed by atoms with van der Waals surface area (Å²) in [5.41, 5.74) is 0.185. The van der Waals surface area contributed by atoms with E-state index in [9.17, 15) is 17.8 Å². The Bertz CT molecular complexity index is 295. The molecule has 8 heteroatoms. The molecule has 0 rings (SSSR count). The Hall–Kier alpha value is 0.0800. The molecule has 14 heavy (non-hydrogen) atoms. The molecule has 0 atom stereocenters. The molecule has 0 aliphatic rings. The van der Waals surface area contributed by atoms with Crippen LogP contribution in [-0.4, -0.2) is 32.2 Å². The first-order chi connectivity index (χ1) is 5.83. The van der Waals surface area contributed by atoms with E-state index in [1.165, 1.54) is 6.92 Å². The summed E-state index contributed by atoms with van der Waals surface area (Å²) in [7, 11) is -4.71. The molecular formula is C6H9NaO6S. The van der Waals surface area contributed by atoms with Gasteiger partial charge in [-0.05, 0) is 6.92 Å². The topological polar surface area (TPSA) is 92.7 Å². The maximum absolute atomic E-state index is 10.7. The van der Waals surface area contributed by atoms with E-state index in [-0.39, 0.29) is 41.7 Å². The van der Waals surface area contributed by atoms with Crippen LogP contribution in [0.5, 0.6) is 0 Å². The minimum absolute atomic E-state index is 0. The summed E-state index contributed by atoms with van der Waals surface area (Å²) >= 11 is 0. The fraction of sp³-hybridized carbons (Fsp3) is 0.500. The van der Waals surface area contributed by atoms with Crippen LogP contribution in [0, 0.1) is 0 Å². The summed E-state index contributed by atoms with van der Waals surface area (Å²) in [6, 6.07) is 0. The molecule has 0 bridgehead atoms. The molecule has 0 saturated heterocycles. The molecule has 0 aliphatic carbocycles. The van der Waals surface area contributed by atoms with Gasteiger partial charge in [0.15, 0.2) is 0 Å². The van der Waals surface area contributed by atoms with Crippen LogP contribution in [-0.2, 0) is 24.1 Å². The standard InChI is InChI=1S/C6H10O6S.Na/c1-5(2)6(7)11-3-4-12-13(8,9)10;/h1,3-4H2,2H3,(H,8,9,10);/q;+1/p-1. The Morgan fingerprint density at radius 2 is 1.93 bits per heavy atom. The van der Waals surface area contributed by atoms with Crippen molar-refractivity contribution in [3.8, 4) is 0 Å². The SMILES string of the molecule is C=C(C)C(=O)OCCOS(=O)(=O)[O-].[Na+]. The number of ether oxygens (including phenoxy) is 1. The van der Waals surface area contributed by atoms with Crippen LogP contribution in [0.15, 0.2) is 12.2 Å². The third-order valence-corrected chi connectivity index (χ3v) is 1.35. The Morgan fingerprint density at radius 3 is 2.29 bits per heavy atom. The van der Waals surface area contributed by atoms with Crippen LogP contribution < -0.4 is 29.6 Å². The molecule has 0 amide bonds. The summed E-state index contributed by atoms with van der Waals surface area (Å²) in [6.07, 6.45) is 0. The second-order valence-electron chi connectivity index (χ2n) is 2.15. The molecule has 0 radical (unpaired) electrons. The number of hydrogen-bond donors (Lipinski definition) is 0. The zero-order valence-electron chi connectivity index (χ0n) is 7.98. The Labute approximate surface area is 105 Å². The third kappa shape index (κ3) is 10.2. The molecule has 0 spiro atoms. The van der Waals surface area contributed by atoms with Gasteiger partial charge in [0, 0.05) is 5.57 Å². The number of carbonyl (C=O) groups is 1. The van der Waals surface area contributed by atoms with Crippen molar-refractivity contribution in [3.05, 3.63) is 12.2 Å². The average molecular weight is 232 g/mol. The second kappa shape index (κ2) is 7.38. The van der Waals surface area contributed by atoms with E-state index in [4.69, 9.17) is 0 Å². The van der Waals surface area contributed by atoms with Gasteiger partial charge in [0.1, 0.15) is 6.61 Å². The van der Waals surface area contributed by atoms with Gasteiger partial charge in [0.05, 0.1) is 6.61 Å². The summed E-state index contributed by atoms with van der Waals surface area (Å²) in [4.78, 5) is 10.7. The van der Waals surface area contributed by atoms with E-state index in [1.54, 1.807) is 0 Å². The minimum Gasteiger partial charge on any atom is -0.726 e. The molecule has 0 unspecified atom stereocenters. The Balaban J connectivity index is 0. The van der Waals surface area contributed by atoms with Crippen molar-refractivity contribution in [2.24, 2.45) is 0 Å². The van der Waals surface area contributed by atoms with E-state index in [0.29, 0.717) is 0 Å². The van der Waals surface area contributed by atoms with Crippen LogP contribution in [0.2, 0.25) is 0 Å². The first-order valence-corrected chi connectivity index (χ1v) is 4.59. The van der Waals surface area contributed by atoms with Gasteiger partial charge in [-0.25, -0.2) is 13.2 Å². The first kappa shape index (κ1) is 16.5. The first-order valence-electron chi connectivity index (χ1n) is 3.26.